The zero-order valence-electron chi connectivity index (χ0n) is 8.80. The molecule has 1 aromatic rings. The fourth-order valence-corrected chi connectivity index (χ4v) is 1.83. The second-order valence-corrected chi connectivity index (χ2v) is 4.05. The van der Waals surface area contributed by atoms with Gasteiger partial charge in [0, 0.05) is 12.0 Å². The Morgan fingerprint density at radius 2 is 2.00 bits per heavy atom. The molecule has 1 aliphatic rings. The van der Waals surface area contributed by atoms with Gasteiger partial charge >= 0.3 is 0 Å². The maximum atomic E-state index is 5.77. The van der Waals surface area contributed by atoms with Crippen molar-refractivity contribution in [3.8, 4) is 0 Å². The normalized spacial score (nSPS) is 24.6. The van der Waals surface area contributed by atoms with Crippen molar-refractivity contribution < 1.29 is 4.74 Å². The molecule has 0 fully saturated rings. The van der Waals surface area contributed by atoms with Crippen molar-refractivity contribution in [2.75, 3.05) is 6.61 Å². The fourth-order valence-electron chi connectivity index (χ4n) is 1.83. The molecular weight excluding hydrogens is 186 g/mol. The summed E-state index contributed by atoms with van der Waals surface area (Å²) in [5.41, 5.74) is 6.99. The van der Waals surface area contributed by atoms with Crippen molar-refractivity contribution in [2.24, 2.45) is 11.7 Å². The van der Waals surface area contributed by atoms with Crippen molar-refractivity contribution in [3.63, 3.8) is 0 Å². The van der Waals surface area contributed by atoms with Crippen LogP contribution in [0.4, 0.5) is 0 Å². The molecule has 0 heterocycles. The van der Waals surface area contributed by atoms with Gasteiger partial charge in [-0.25, -0.2) is 0 Å². The van der Waals surface area contributed by atoms with Crippen LogP contribution >= 0.6 is 0 Å². The Morgan fingerprint density at radius 3 is 2.67 bits per heavy atom. The molecule has 0 saturated heterocycles. The lowest BCUT2D eigenvalue weighted by atomic mass is 10.1. The molecule has 0 aliphatic heterocycles. The first-order chi connectivity index (χ1) is 7.34. The Hall–Kier alpha value is -1.12. The molecule has 80 valence electrons. The zero-order valence-corrected chi connectivity index (χ0v) is 8.80. The van der Waals surface area contributed by atoms with Crippen molar-refractivity contribution in [3.05, 3.63) is 48.0 Å². The van der Waals surface area contributed by atoms with Crippen LogP contribution in [0.25, 0.3) is 0 Å². The van der Waals surface area contributed by atoms with E-state index in [-0.39, 0.29) is 6.04 Å². The molecule has 0 spiro atoms. The average Bonchev–Trinajstić information content (AvgIpc) is 2.66. The van der Waals surface area contributed by atoms with E-state index in [1.165, 1.54) is 5.56 Å². The second kappa shape index (κ2) is 5.10. The Morgan fingerprint density at radius 1 is 1.20 bits per heavy atom. The molecule has 0 radical (unpaired) electrons. The summed E-state index contributed by atoms with van der Waals surface area (Å²) in [7, 11) is 0. The largest absolute Gasteiger partial charge is 0.376 e. The van der Waals surface area contributed by atoms with Gasteiger partial charge in [-0.05, 0) is 12.0 Å². The first kappa shape index (κ1) is 10.4. The SMILES string of the molecule is N[C@H]1C=C[C@@H](COCc2ccccc2)C1. The molecule has 0 amide bonds. The average molecular weight is 203 g/mol. The van der Waals surface area contributed by atoms with Gasteiger partial charge in [-0.1, -0.05) is 42.5 Å². The minimum Gasteiger partial charge on any atom is -0.376 e. The predicted octanol–water partition coefficient (Wildman–Crippen LogP) is 2.11. The first-order valence-electron chi connectivity index (χ1n) is 5.40. The van der Waals surface area contributed by atoms with E-state index < -0.39 is 0 Å². The highest BCUT2D eigenvalue weighted by Gasteiger charge is 2.15. The summed E-state index contributed by atoms with van der Waals surface area (Å²) in [5.74, 6) is 0.503. The summed E-state index contributed by atoms with van der Waals surface area (Å²) in [4.78, 5) is 0. The molecular formula is C13H17NO. The highest BCUT2D eigenvalue weighted by Crippen LogP contribution is 2.16. The Labute approximate surface area is 90.7 Å². The van der Waals surface area contributed by atoms with E-state index in [1.54, 1.807) is 0 Å². The summed E-state index contributed by atoms with van der Waals surface area (Å²) in [6.45, 7) is 1.47. The van der Waals surface area contributed by atoms with Crippen LogP contribution in [0.5, 0.6) is 0 Å². The van der Waals surface area contributed by atoms with Gasteiger partial charge < -0.3 is 10.5 Å². The number of hydrogen-bond acceptors (Lipinski definition) is 2. The molecule has 15 heavy (non-hydrogen) atoms. The van der Waals surface area contributed by atoms with Crippen molar-refractivity contribution in [2.45, 2.75) is 19.1 Å². The van der Waals surface area contributed by atoms with Crippen LogP contribution in [0, 0.1) is 5.92 Å². The van der Waals surface area contributed by atoms with Gasteiger partial charge in [0.25, 0.3) is 0 Å². The third-order valence-electron chi connectivity index (χ3n) is 2.65. The molecule has 0 aromatic heterocycles. The summed E-state index contributed by atoms with van der Waals surface area (Å²) >= 11 is 0. The monoisotopic (exact) mass is 203 g/mol. The summed E-state index contributed by atoms with van der Waals surface area (Å²) in [5, 5.41) is 0. The molecule has 2 atom stereocenters. The third-order valence-corrected chi connectivity index (χ3v) is 2.65. The van der Waals surface area contributed by atoms with E-state index in [9.17, 15) is 0 Å². The quantitative estimate of drug-likeness (QED) is 0.761. The fraction of sp³-hybridized carbons (Fsp3) is 0.385. The van der Waals surface area contributed by atoms with Crippen molar-refractivity contribution in [1.82, 2.24) is 0 Å². The van der Waals surface area contributed by atoms with Crippen LogP contribution in [0.3, 0.4) is 0 Å². The lowest BCUT2D eigenvalue weighted by Gasteiger charge is -2.09. The predicted molar refractivity (Wildman–Crippen MR) is 61.3 cm³/mol. The van der Waals surface area contributed by atoms with Gasteiger partial charge in [-0.3, -0.25) is 0 Å². The molecule has 1 aliphatic carbocycles. The Bertz CT molecular complexity index is 321. The minimum atomic E-state index is 0.232. The van der Waals surface area contributed by atoms with Crippen LogP contribution in [-0.4, -0.2) is 12.6 Å². The molecule has 0 bridgehead atoms. The number of ether oxygens (including phenoxy) is 1. The van der Waals surface area contributed by atoms with Gasteiger partial charge in [-0.2, -0.15) is 0 Å². The van der Waals surface area contributed by atoms with E-state index in [4.69, 9.17) is 10.5 Å². The topological polar surface area (TPSA) is 35.2 Å². The number of hydrogen-bond donors (Lipinski definition) is 1. The van der Waals surface area contributed by atoms with E-state index >= 15 is 0 Å². The van der Waals surface area contributed by atoms with Gasteiger partial charge in [0.05, 0.1) is 13.2 Å². The highest BCUT2D eigenvalue weighted by molar-refractivity contribution is 5.13. The number of benzene rings is 1. The third kappa shape index (κ3) is 3.18. The highest BCUT2D eigenvalue weighted by atomic mass is 16.5. The van der Waals surface area contributed by atoms with Crippen LogP contribution in [0.15, 0.2) is 42.5 Å². The molecule has 1 aromatic carbocycles. The smallest absolute Gasteiger partial charge is 0.0717 e. The molecule has 2 nitrogen and oxygen atoms in total. The molecule has 2 N–H and O–H groups in total. The molecule has 0 unspecified atom stereocenters. The Balaban J connectivity index is 1.70. The van der Waals surface area contributed by atoms with Gasteiger partial charge in [0.1, 0.15) is 0 Å². The van der Waals surface area contributed by atoms with Crippen LogP contribution < -0.4 is 5.73 Å². The summed E-state index contributed by atoms with van der Waals surface area (Å²) in [6, 6.07) is 10.5. The van der Waals surface area contributed by atoms with Crippen LogP contribution in [-0.2, 0) is 11.3 Å². The van der Waals surface area contributed by atoms with E-state index in [1.807, 2.05) is 18.2 Å². The maximum absolute atomic E-state index is 5.77. The standard InChI is InChI=1S/C13H17NO/c14-13-7-6-12(8-13)10-15-9-11-4-2-1-3-5-11/h1-7,12-13H,8-10,14H2/t12-,13+/m1/s1. The summed E-state index contributed by atoms with van der Waals surface area (Å²) < 4.78 is 5.65. The molecule has 2 heteroatoms. The number of rotatable bonds is 4. The molecule has 2 rings (SSSR count). The van der Waals surface area contributed by atoms with Gasteiger partial charge in [0.15, 0.2) is 0 Å². The first-order valence-corrected chi connectivity index (χ1v) is 5.40. The lowest BCUT2D eigenvalue weighted by Crippen LogP contribution is -2.16. The minimum absolute atomic E-state index is 0.232. The van der Waals surface area contributed by atoms with Crippen LogP contribution in [0.1, 0.15) is 12.0 Å². The van der Waals surface area contributed by atoms with Crippen molar-refractivity contribution in [1.29, 1.82) is 0 Å². The Kier molecular flexibility index (Phi) is 3.54. The van der Waals surface area contributed by atoms with Crippen molar-refractivity contribution >= 4 is 0 Å². The molecule has 0 saturated carbocycles. The summed E-state index contributed by atoms with van der Waals surface area (Å²) in [6.07, 6.45) is 5.25. The van der Waals surface area contributed by atoms with E-state index in [2.05, 4.69) is 24.3 Å². The number of nitrogens with two attached hydrogens (primary N) is 1. The van der Waals surface area contributed by atoms with E-state index in [0.29, 0.717) is 12.5 Å². The maximum Gasteiger partial charge on any atom is 0.0717 e. The van der Waals surface area contributed by atoms with Crippen LogP contribution in [0.2, 0.25) is 0 Å². The van der Waals surface area contributed by atoms with E-state index in [0.717, 1.165) is 13.0 Å². The lowest BCUT2D eigenvalue weighted by molar-refractivity contribution is 0.0987. The van der Waals surface area contributed by atoms with Gasteiger partial charge in [-0.15, -0.1) is 0 Å². The second-order valence-electron chi connectivity index (χ2n) is 4.05. The van der Waals surface area contributed by atoms with Gasteiger partial charge in [0.2, 0.25) is 0 Å². The zero-order chi connectivity index (χ0) is 10.5.